The molecule has 1 unspecified atom stereocenters. The number of imidazole rings is 1. The second-order valence-corrected chi connectivity index (χ2v) is 11.1. The van der Waals surface area contributed by atoms with Crippen molar-refractivity contribution < 1.29 is 37.4 Å². The molecular weight excluding hydrogens is 520 g/mol. The van der Waals surface area contributed by atoms with Crippen LogP contribution in [-0.2, 0) is 23.4 Å². The zero-order valence-electron chi connectivity index (χ0n) is 21.6. The van der Waals surface area contributed by atoms with Crippen molar-refractivity contribution in [3.8, 4) is 5.75 Å². The highest BCUT2D eigenvalue weighted by molar-refractivity contribution is 7.52. The summed E-state index contributed by atoms with van der Waals surface area (Å²) in [5.41, 5.74) is -1.72. The van der Waals surface area contributed by atoms with Gasteiger partial charge in [-0.15, -0.1) is 0 Å². The van der Waals surface area contributed by atoms with Gasteiger partial charge in [0.15, 0.2) is 23.2 Å². The molecule has 0 radical (unpaired) electrons. The highest BCUT2D eigenvalue weighted by Crippen LogP contribution is 2.48. The number of halogens is 1. The summed E-state index contributed by atoms with van der Waals surface area (Å²) >= 11 is 0. The van der Waals surface area contributed by atoms with E-state index in [-0.39, 0.29) is 11.4 Å². The van der Waals surface area contributed by atoms with Crippen LogP contribution in [0.25, 0.3) is 11.3 Å². The topological polar surface area (TPSA) is 147 Å². The van der Waals surface area contributed by atoms with E-state index in [4.69, 9.17) is 18.5 Å². The lowest BCUT2D eigenvalue weighted by Gasteiger charge is -2.25. The van der Waals surface area contributed by atoms with Crippen LogP contribution >= 0.6 is 7.75 Å². The largest absolute Gasteiger partial charge is 0.462 e. The van der Waals surface area contributed by atoms with Gasteiger partial charge < -0.3 is 19.1 Å². The summed E-state index contributed by atoms with van der Waals surface area (Å²) < 4.78 is 53.3. The zero-order chi connectivity index (χ0) is 27.7. The monoisotopic (exact) mass is 551 g/mol. The molecule has 1 fully saturated rings. The van der Waals surface area contributed by atoms with Gasteiger partial charge in [-0.05, 0) is 46.8 Å². The number of carbonyl (C=O) groups is 1. The molecule has 14 heteroatoms. The van der Waals surface area contributed by atoms with Crippen molar-refractivity contribution in [1.82, 2.24) is 24.6 Å². The molecule has 2 aromatic heterocycles. The molecule has 38 heavy (non-hydrogen) atoms. The third-order valence-electron chi connectivity index (χ3n) is 5.89. The van der Waals surface area contributed by atoms with Gasteiger partial charge in [-0.25, -0.2) is 23.9 Å². The second-order valence-electron chi connectivity index (χ2n) is 9.39. The molecule has 0 amide bonds. The van der Waals surface area contributed by atoms with Gasteiger partial charge in [0.05, 0.1) is 12.7 Å². The van der Waals surface area contributed by atoms with Gasteiger partial charge in [0.25, 0.3) is 0 Å². The number of alkyl halides is 1. The van der Waals surface area contributed by atoms with Gasteiger partial charge in [-0.2, -0.15) is 5.09 Å². The number of esters is 1. The summed E-state index contributed by atoms with van der Waals surface area (Å²) in [6.07, 6.45) is -1.74. The molecule has 0 spiro atoms. The molecule has 206 valence electrons. The fourth-order valence-corrected chi connectivity index (χ4v) is 5.55. The lowest BCUT2D eigenvalue weighted by Crippen LogP contribution is -2.41. The number of hydrogen-bond acceptors (Lipinski definition) is 10. The van der Waals surface area contributed by atoms with Gasteiger partial charge in [0.1, 0.15) is 29.8 Å². The van der Waals surface area contributed by atoms with E-state index in [0.29, 0.717) is 11.5 Å². The number of fused-ring (bicyclic) bond motifs is 1. The minimum Gasteiger partial charge on any atom is -0.462 e. The number of aromatic nitrogens is 4. The molecule has 2 N–H and O–H groups in total. The van der Waals surface area contributed by atoms with Crippen molar-refractivity contribution in [2.24, 2.45) is 0 Å². The van der Waals surface area contributed by atoms with Crippen molar-refractivity contribution in [3.63, 3.8) is 0 Å². The molecule has 0 aliphatic carbocycles. The smallest absolute Gasteiger partial charge is 0.459 e. The van der Waals surface area contributed by atoms with E-state index in [9.17, 15) is 14.5 Å². The Bertz CT molecular complexity index is 1320. The van der Waals surface area contributed by atoms with Crippen LogP contribution in [0, 0.1) is 6.92 Å². The van der Waals surface area contributed by atoms with Gasteiger partial charge in [0, 0.05) is 12.4 Å². The summed E-state index contributed by atoms with van der Waals surface area (Å²) in [7, 11) is -4.25. The van der Waals surface area contributed by atoms with Crippen LogP contribution in [0.3, 0.4) is 0 Å². The number of aliphatic hydroxyl groups excluding tert-OH is 1. The molecule has 4 rings (SSSR count). The Morgan fingerprint density at radius 1 is 1.26 bits per heavy atom. The predicted molar refractivity (Wildman–Crippen MR) is 134 cm³/mol. The predicted octanol–water partition coefficient (Wildman–Crippen LogP) is 3.25. The molecule has 3 heterocycles. The third-order valence-corrected chi connectivity index (χ3v) is 7.53. The van der Waals surface area contributed by atoms with Crippen molar-refractivity contribution >= 4 is 25.0 Å². The van der Waals surface area contributed by atoms with Crippen LogP contribution in [0.1, 0.15) is 39.7 Å². The van der Waals surface area contributed by atoms with Crippen LogP contribution in [-0.4, -0.2) is 67.2 Å². The first-order chi connectivity index (χ1) is 17.9. The fourth-order valence-electron chi connectivity index (χ4n) is 4.05. The minimum atomic E-state index is -4.25. The Balaban J connectivity index is 1.55. The number of nitrogens with zero attached hydrogens (tertiary/aromatic N) is 4. The number of hydrogen-bond donors (Lipinski definition) is 2. The SMILES string of the molecule is Cc1nc2nccnc2n1[C@@H]1O[C@H](CO[P@](=O)(NC(C)C(=O)OC(C)C)Oc2ccccc2)[C@@H](O)[C@@]1(C)F. The van der Waals surface area contributed by atoms with E-state index >= 15 is 4.39 Å². The summed E-state index contributed by atoms with van der Waals surface area (Å²) in [5.74, 6) is -0.0865. The van der Waals surface area contributed by atoms with Crippen LogP contribution in [0.4, 0.5) is 4.39 Å². The first kappa shape index (κ1) is 28.1. The van der Waals surface area contributed by atoms with E-state index in [1.54, 1.807) is 51.1 Å². The molecule has 3 aromatic rings. The van der Waals surface area contributed by atoms with Crippen LogP contribution < -0.4 is 9.61 Å². The van der Waals surface area contributed by atoms with E-state index in [2.05, 4.69) is 20.0 Å². The molecule has 1 aromatic carbocycles. The van der Waals surface area contributed by atoms with Crippen LogP contribution in [0.15, 0.2) is 42.7 Å². The molecule has 1 aliphatic rings. The standard InChI is InChI=1S/C24H31FN5O7P/c1-14(2)35-22(32)15(3)29-38(33,37-17-9-7-6-8-10-17)34-13-18-19(31)24(5,25)23(36-18)30-16(4)28-20-21(30)27-12-11-26-20/h6-12,14-15,18-19,23,31H,13H2,1-5H3,(H,29,33)/t15?,18-,19-,23-,24-,38-/m1/s1. The highest BCUT2D eigenvalue weighted by atomic mass is 31.2. The highest BCUT2D eigenvalue weighted by Gasteiger charge is 2.56. The van der Waals surface area contributed by atoms with E-state index in [1.807, 2.05) is 0 Å². The number of carbonyl (C=O) groups excluding carboxylic acids is 1. The Hall–Kier alpha value is -2.96. The van der Waals surface area contributed by atoms with Crippen molar-refractivity contribution in [1.29, 1.82) is 0 Å². The quantitative estimate of drug-likeness (QED) is 0.283. The number of nitrogens with one attached hydrogen (secondary N) is 1. The summed E-state index contributed by atoms with van der Waals surface area (Å²) in [6, 6.07) is 7.11. The summed E-state index contributed by atoms with van der Waals surface area (Å²) in [6.45, 7) is 7.10. The lowest BCUT2D eigenvalue weighted by molar-refractivity contribution is -0.149. The Morgan fingerprint density at radius 2 is 1.95 bits per heavy atom. The zero-order valence-corrected chi connectivity index (χ0v) is 22.5. The van der Waals surface area contributed by atoms with Gasteiger partial charge in [0.2, 0.25) is 0 Å². The first-order valence-corrected chi connectivity index (χ1v) is 13.6. The number of rotatable bonds is 10. The molecular formula is C24H31FN5O7P. The number of benzene rings is 1. The maximum absolute atomic E-state index is 15.9. The Labute approximate surface area is 219 Å². The van der Waals surface area contributed by atoms with E-state index in [1.165, 1.54) is 30.8 Å². The van der Waals surface area contributed by atoms with E-state index < -0.39 is 56.6 Å². The first-order valence-electron chi connectivity index (χ1n) is 12.1. The van der Waals surface area contributed by atoms with E-state index in [0.717, 1.165) is 0 Å². The molecule has 12 nitrogen and oxygen atoms in total. The average molecular weight is 552 g/mol. The molecule has 1 aliphatic heterocycles. The van der Waals surface area contributed by atoms with Crippen molar-refractivity contribution in [3.05, 3.63) is 48.5 Å². The number of ether oxygens (including phenoxy) is 2. The maximum Gasteiger partial charge on any atom is 0.459 e. The number of aliphatic hydroxyl groups is 1. The molecule has 1 saturated heterocycles. The van der Waals surface area contributed by atoms with Crippen molar-refractivity contribution in [2.45, 2.75) is 70.9 Å². The summed E-state index contributed by atoms with van der Waals surface area (Å²) in [5, 5.41) is 13.4. The second kappa shape index (κ2) is 11.0. The Morgan fingerprint density at radius 3 is 2.63 bits per heavy atom. The van der Waals surface area contributed by atoms with Gasteiger partial charge in [-0.1, -0.05) is 18.2 Å². The Kier molecular flexibility index (Phi) is 8.15. The average Bonchev–Trinajstić information content (AvgIpc) is 3.29. The molecule has 0 bridgehead atoms. The van der Waals surface area contributed by atoms with Gasteiger partial charge in [-0.3, -0.25) is 13.9 Å². The summed E-state index contributed by atoms with van der Waals surface area (Å²) in [4.78, 5) is 25.0. The third kappa shape index (κ3) is 5.87. The lowest BCUT2D eigenvalue weighted by atomic mass is 9.98. The maximum atomic E-state index is 15.9. The van der Waals surface area contributed by atoms with Crippen molar-refractivity contribution in [2.75, 3.05) is 6.61 Å². The van der Waals surface area contributed by atoms with Crippen LogP contribution in [0.2, 0.25) is 0 Å². The van der Waals surface area contributed by atoms with Gasteiger partial charge >= 0.3 is 13.7 Å². The minimum absolute atomic E-state index is 0.202. The normalized spacial score (nSPS) is 25.8. The van der Waals surface area contributed by atoms with Crippen LogP contribution in [0.5, 0.6) is 5.75 Å². The molecule has 0 saturated carbocycles. The number of aryl methyl sites for hydroxylation is 1. The fraction of sp³-hybridized carbons (Fsp3) is 0.500. The number of para-hydroxylation sites is 1. The molecule has 6 atom stereocenters.